The van der Waals surface area contributed by atoms with Crippen LogP contribution in [0.25, 0.3) is 44.7 Å². The van der Waals surface area contributed by atoms with Crippen LogP contribution in [0.4, 0.5) is 15.3 Å². The Balaban J connectivity index is 1.15. The molecule has 2 aromatic carbocycles. The highest BCUT2D eigenvalue weighted by atomic mass is 16.5. The Morgan fingerprint density at radius 2 is 1.50 bits per heavy atom. The SMILES string of the molecule is CCN(C)c1cc(-c2cnc(C3CCCN3C(=O)CNC(=O)OC)[nH]2)ccc1-c1[nH]c2ccc(-c3cnc(C4CCN4C(=O)C(NC(=O)OC)C(C)C)[nH]3)cc2c1C(C)C. The Bertz CT molecular complexity index is 2380. The van der Waals surface area contributed by atoms with Crippen molar-refractivity contribution in [2.75, 3.05) is 52.3 Å². The van der Waals surface area contributed by atoms with Crippen molar-refractivity contribution >= 4 is 40.6 Å². The van der Waals surface area contributed by atoms with E-state index in [-0.39, 0.29) is 42.3 Å². The minimum absolute atomic E-state index is 0.113. The summed E-state index contributed by atoms with van der Waals surface area (Å²) in [6.07, 6.45) is 4.77. The van der Waals surface area contributed by atoms with E-state index in [1.807, 2.05) is 26.2 Å². The molecule has 0 aliphatic carbocycles. The Hall–Kier alpha value is -6.32. The van der Waals surface area contributed by atoms with Crippen molar-refractivity contribution in [1.29, 1.82) is 0 Å². The lowest BCUT2D eigenvalue weighted by molar-refractivity contribution is -0.142. The van der Waals surface area contributed by atoms with Crippen LogP contribution < -0.4 is 15.5 Å². The van der Waals surface area contributed by atoms with Crippen molar-refractivity contribution in [3.8, 4) is 33.8 Å². The van der Waals surface area contributed by atoms with Gasteiger partial charge in [-0.1, -0.05) is 45.9 Å². The molecule has 7 rings (SSSR count). The van der Waals surface area contributed by atoms with E-state index in [0.29, 0.717) is 24.7 Å². The molecular formula is C44H56N10O6. The molecule has 0 spiro atoms. The molecule has 0 bridgehead atoms. The van der Waals surface area contributed by atoms with Gasteiger partial charge in [-0.2, -0.15) is 0 Å². The topological polar surface area (TPSA) is 194 Å². The number of aromatic nitrogens is 5. The highest BCUT2D eigenvalue weighted by Crippen LogP contribution is 2.43. The fraction of sp³-hybridized carbons (Fsp3) is 0.455. The van der Waals surface area contributed by atoms with Crippen molar-refractivity contribution in [3.63, 3.8) is 0 Å². The molecule has 2 saturated heterocycles. The number of hydrogen-bond acceptors (Lipinski definition) is 9. The quantitative estimate of drug-likeness (QED) is 0.0843. The van der Waals surface area contributed by atoms with E-state index in [4.69, 9.17) is 14.7 Å². The van der Waals surface area contributed by atoms with Crippen LogP contribution in [0.1, 0.15) is 89.1 Å². The van der Waals surface area contributed by atoms with Gasteiger partial charge >= 0.3 is 12.2 Å². The number of carbonyl (C=O) groups is 4. The third kappa shape index (κ3) is 8.14. The maximum Gasteiger partial charge on any atom is 0.407 e. The molecule has 3 aromatic heterocycles. The van der Waals surface area contributed by atoms with Gasteiger partial charge in [0.25, 0.3) is 0 Å². The molecule has 2 aliphatic heterocycles. The molecule has 3 atom stereocenters. The first-order chi connectivity index (χ1) is 28.8. The van der Waals surface area contributed by atoms with Gasteiger partial charge in [-0.05, 0) is 61.8 Å². The van der Waals surface area contributed by atoms with Crippen LogP contribution >= 0.6 is 0 Å². The van der Waals surface area contributed by atoms with Gasteiger partial charge in [0.05, 0.1) is 55.8 Å². The Morgan fingerprint density at radius 3 is 2.10 bits per heavy atom. The predicted molar refractivity (Wildman–Crippen MR) is 229 cm³/mol. The van der Waals surface area contributed by atoms with Crippen LogP contribution in [0.15, 0.2) is 48.8 Å². The van der Waals surface area contributed by atoms with Crippen LogP contribution in [0.5, 0.6) is 0 Å². The van der Waals surface area contributed by atoms with Gasteiger partial charge in [-0.3, -0.25) is 9.59 Å². The average molecular weight is 821 g/mol. The standard InChI is InChI=1S/C44H56N10O6/c1-9-52(6)35-20-27(32-22-45-40(50-32)33-11-10-17-53(33)36(55)23-47-43(57)59-7)12-14-28(35)39-37(24(2)3)29-19-26(13-15-30(29)48-39)31-21-46-41(49-31)34-16-18-54(34)42(56)38(25(4)5)51-44(58)60-8/h12-15,19-22,24-25,33-34,38,48H,9-11,16-18,23H2,1-8H3,(H,45,50)(H,46,49)(H,47,57)(H,51,58). The number of hydrogen-bond donors (Lipinski definition) is 5. The summed E-state index contributed by atoms with van der Waals surface area (Å²) in [6.45, 7) is 12.2. The normalized spacial score (nSPS) is 16.9. The number of likely N-dealkylation sites (tertiary alicyclic amines) is 2. The van der Waals surface area contributed by atoms with E-state index >= 15 is 0 Å². The lowest BCUT2D eigenvalue weighted by atomic mass is 9.93. The molecule has 16 nitrogen and oxygen atoms in total. The van der Waals surface area contributed by atoms with Crippen LogP contribution in [0.3, 0.4) is 0 Å². The van der Waals surface area contributed by atoms with Gasteiger partial charge in [0.2, 0.25) is 11.8 Å². The van der Waals surface area contributed by atoms with Crippen molar-refractivity contribution in [2.24, 2.45) is 5.92 Å². The molecule has 0 radical (unpaired) electrons. The van der Waals surface area contributed by atoms with Crippen molar-refractivity contribution in [3.05, 3.63) is 66.0 Å². The molecule has 2 aliphatic rings. The summed E-state index contributed by atoms with van der Waals surface area (Å²) >= 11 is 0. The van der Waals surface area contributed by atoms with Gasteiger partial charge in [-0.25, -0.2) is 19.6 Å². The van der Waals surface area contributed by atoms with Crippen LogP contribution in [0, 0.1) is 5.92 Å². The molecule has 5 heterocycles. The van der Waals surface area contributed by atoms with Gasteiger partial charge in [0.15, 0.2) is 0 Å². The van der Waals surface area contributed by atoms with Crippen LogP contribution in [-0.4, -0.2) is 112 Å². The maximum atomic E-state index is 13.5. The predicted octanol–water partition coefficient (Wildman–Crippen LogP) is 6.87. The van der Waals surface area contributed by atoms with Crippen LogP contribution in [-0.2, 0) is 19.1 Å². The second-order valence-corrected chi connectivity index (χ2v) is 16.2. The molecule has 318 valence electrons. The zero-order chi connectivity index (χ0) is 42.8. The first kappa shape index (κ1) is 41.8. The number of aromatic amines is 3. The second-order valence-electron chi connectivity index (χ2n) is 16.2. The summed E-state index contributed by atoms with van der Waals surface area (Å²) in [4.78, 5) is 76.1. The summed E-state index contributed by atoms with van der Waals surface area (Å²) in [5, 5.41) is 6.30. The minimum atomic E-state index is -0.696. The molecule has 2 fully saturated rings. The number of nitrogens with one attached hydrogen (secondary N) is 5. The molecule has 5 aromatic rings. The molecule has 4 amide bonds. The van der Waals surface area contributed by atoms with Gasteiger partial charge in [-0.15, -0.1) is 0 Å². The number of fused-ring (bicyclic) bond motifs is 1. The maximum absolute atomic E-state index is 13.5. The molecule has 16 heteroatoms. The van der Waals surface area contributed by atoms with Gasteiger partial charge < -0.3 is 49.8 Å². The third-order valence-corrected chi connectivity index (χ3v) is 11.8. The summed E-state index contributed by atoms with van der Waals surface area (Å²) in [5.74, 6) is 1.17. The van der Waals surface area contributed by atoms with E-state index in [1.165, 1.54) is 19.8 Å². The van der Waals surface area contributed by atoms with E-state index < -0.39 is 18.2 Å². The van der Waals surface area contributed by atoms with E-state index in [9.17, 15) is 19.2 Å². The highest BCUT2D eigenvalue weighted by Gasteiger charge is 2.40. The second kappa shape index (κ2) is 17.5. The number of amides is 4. The van der Waals surface area contributed by atoms with Crippen molar-refractivity contribution in [1.82, 2.24) is 45.4 Å². The van der Waals surface area contributed by atoms with E-state index in [0.717, 1.165) is 76.2 Å². The number of carbonyl (C=O) groups excluding carboxylic acids is 4. The largest absolute Gasteiger partial charge is 0.453 e. The summed E-state index contributed by atoms with van der Waals surface area (Å²) in [7, 11) is 4.65. The van der Waals surface area contributed by atoms with Gasteiger partial charge in [0, 0.05) is 60.0 Å². The Morgan fingerprint density at radius 1 is 0.850 bits per heavy atom. The zero-order valence-corrected chi connectivity index (χ0v) is 35.6. The van der Waals surface area contributed by atoms with Crippen LogP contribution in [0.2, 0.25) is 0 Å². The molecule has 5 N–H and O–H groups in total. The number of alkyl carbamates (subject to hydrolysis) is 2. The number of rotatable bonds is 13. The lowest BCUT2D eigenvalue weighted by Gasteiger charge is -2.42. The van der Waals surface area contributed by atoms with Crippen molar-refractivity contribution in [2.45, 2.75) is 77.9 Å². The average Bonchev–Trinajstić information content (AvgIpc) is 4.06. The lowest BCUT2D eigenvalue weighted by Crippen LogP contribution is -2.56. The molecule has 0 saturated carbocycles. The monoisotopic (exact) mass is 820 g/mol. The Kier molecular flexibility index (Phi) is 12.2. The van der Waals surface area contributed by atoms with Crippen molar-refractivity contribution < 1.29 is 28.7 Å². The molecule has 60 heavy (non-hydrogen) atoms. The summed E-state index contributed by atoms with van der Waals surface area (Å²) in [5.41, 5.74) is 9.09. The minimum Gasteiger partial charge on any atom is -0.453 e. The van der Waals surface area contributed by atoms with E-state index in [2.05, 4.69) is 99.4 Å². The Labute approximate surface area is 349 Å². The third-order valence-electron chi connectivity index (χ3n) is 11.8. The smallest absolute Gasteiger partial charge is 0.407 e. The number of benzene rings is 2. The number of H-pyrrole nitrogens is 3. The number of nitrogens with zero attached hydrogens (tertiary/aromatic N) is 5. The van der Waals surface area contributed by atoms with E-state index in [1.54, 1.807) is 9.80 Å². The first-order valence-electron chi connectivity index (χ1n) is 20.7. The summed E-state index contributed by atoms with van der Waals surface area (Å²) in [6, 6.07) is 11.7. The number of methoxy groups -OCH3 is 2. The summed E-state index contributed by atoms with van der Waals surface area (Å²) < 4.78 is 9.39. The fourth-order valence-corrected chi connectivity index (χ4v) is 8.38. The molecule has 3 unspecified atom stereocenters. The molecular weight excluding hydrogens is 765 g/mol. The fourth-order valence-electron chi connectivity index (χ4n) is 8.38. The number of imidazole rings is 2. The number of anilines is 1. The number of ether oxygens (including phenoxy) is 2. The van der Waals surface area contributed by atoms with Gasteiger partial charge in [0.1, 0.15) is 24.2 Å². The highest BCUT2D eigenvalue weighted by molar-refractivity contribution is 5.97. The zero-order valence-electron chi connectivity index (χ0n) is 35.6. The first-order valence-corrected chi connectivity index (χ1v) is 20.7.